The molecule has 21 heteroatoms. The molecule has 0 spiro atoms. The molecule has 0 radical (unpaired) electrons. The molecule has 5 aromatic rings. The number of aliphatic hydroxyl groups excluding tert-OH is 1. The van der Waals surface area contributed by atoms with Gasteiger partial charge in [0.15, 0.2) is 0 Å². The molecule has 0 aliphatic rings. The first kappa shape index (κ1) is 38.4. The second-order valence-electron chi connectivity index (χ2n) is 10.5. The lowest BCUT2D eigenvalue weighted by Gasteiger charge is -2.18. The Morgan fingerprint density at radius 1 is 0.755 bits per heavy atom. The van der Waals surface area contributed by atoms with Crippen LogP contribution in [0.5, 0.6) is 11.5 Å². The van der Waals surface area contributed by atoms with Gasteiger partial charge in [-0.15, -0.1) is 4.33 Å². The van der Waals surface area contributed by atoms with Crippen molar-refractivity contribution in [2.24, 2.45) is 20.5 Å². The molecule has 1 heterocycles. The van der Waals surface area contributed by atoms with E-state index < -0.39 is 10.1 Å². The van der Waals surface area contributed by atoms with Crippen LogP contribution in [0.2, 0.25) is 0 Å². The number of nitrogens with zero attached hydrogens (tertiary/aromatic N) is 8. The standard InChI is InChI=1S/C32H32N10O9S2/c1-42(14-15-43)32-36-30(33-26-12-10-22(18-28(26)48-2)40-38-20-6-4-8-24(16-20)52-51-50-44)35-31(37-32)34-27-13-11-23(19-29(27)49-3)41-39-21-7-5-9-25(17-21)53(45,46)47/h4-13,16-19,43-44H,14-15H2,1-3H3,(H,45,46,47)(H2,33,34,35,36,37). The molecular weight excluding hydrogens is 733 g/mol. The first-order chi connectivity index (χ1) is 25.6. The summed E-state index contributed by atoms with van der Waals surface area (Å²) in [6, 6.07) is 22.3. The molecule has 0 bridgehead atoms. The van der Waals surface area contributed by atoms with Gasteiger partial charge in [0.2, 0.25) is 17.8 Å². The van der Waals surface area contributed by atoms with E-state index in [1.165, 1.54) is 38.5 Å². The summed E-state index contributed by atoms with van der Waals surface area (Å²) in [5.74, 6) is 1.30. The Labute approximate surface area is 307 Å². The van der Waals surface area contributed by atoms with E-state index in [-0.39, 0.29) is 41.6 Å². The molecule has 19 nitrogen and oxygen atoms in total. The van der Waals surface area contributed by atoms with Crippen molar-refractivity contribution in [2.45, 2.75) is 9.79 Å². The van der Waals surface area contributed by atoms with E-state index in [0.717, 1.165) is 12.0 Å². The lowest BCUT2D eigenvalue weighted by atomic mass is 10.2. The molecule has 53 heavy (non-hydrogen) atoms. The number of rotatable bonds is 17. The molecule has 276 valence electrons. The molecule has 0 saturated carbocycles. The number of likely N-dealkylation sites (N-methyl/N-ethyl adjacent to an activating group) is 1. The highest BCUT2D eigenvalue weighted by Crippen LogP contribution is 2.35. The maximum absolute atomic E-state index is 11.5. The van der Waals surface area contributed by atoms with Gasteiger partial charge in [-0.3, -0.25) is 4.55 Å². The summed E-state index contributed by atoms with van der Waals surface area (Å²) in [4.78, 5) is 15.5. The molecule has 0 saturated heterocycles. The van der Waals surface area contributed by atoms with Gasteiger partial charge in [-0.2, -0.15) is 43.8 Å². The molecule has 0 atom stereocenters. The first-order valence-electron chi connectivity index (χ1n) is 15.2. The Morgan fingerprint density at radius 2 is 1.28 bits per heavy atom. The number of aromatic nitrogens is 3. The van der Waals surface area contributed by atoms with E-state index in [2.05, 4.69) is 55.4 Å². The van der Waals surface area contributed by atoms with Crippen LogP contribution in [0.25, 0.3) is 0 Å². The number of hydrogen-bond donors (Lipinski definition) is 5. The summed E-state index contributed by atoms with van der Waals surface area (Å²) in [5.41, 5.74) is 2.60. The van der Waals surface area contributed by atoms with E-state index in [4.69, 9.17) is 14.7 Å². The molecule has 0 aliphatic carbocycles. The largest absolute Gasteiger partial charge is 0.494 e. The molecule has 0 unspecified atom stereocenters. The van der Waals surface area contributed by atoms with Crippen LogP contribution in [-0.2, 0) is 19.5 Å². The SMILES string of the molecule is COc1cc(N=Nc2cccc(SOOO)c2)ccc1Nc1nc(Nc2ccc(N=Nc3cccc(S(=O)(=O)O)c3)cc2OC)nc(N(C)CCO)n1. The first-order valence-corrected chi connectivity index (χ1v) is 17.4. The molecule has 5 rings (SSSR count). The third-order valence-electron chi connectivity index (χ3n) is 6.92. The predicted octanol–water partition coefficient (Wildman–Crippen LogP) is 7.31. The zero-order valence-electron chi connectivity index (χ0n) is 28.2. The van der Waals surface area contributed by atoms with E-state index in [0.29, 0.717) is 44.8 Å². The minimum atomic E-state index is -4.40. The fourth-order valence-electron chi connectivity index (χ4n) is 4.42. The molecular formula is C32H32N10O9S2. The number of benzene rings is 4. The summed E-state index contributed by atoms with van der Waals surface area (Å²) in [6.45, 7) is 0.0986. The topological polar surface area (TPSA) is 247 Å². The van der Waals surface area contributed by atoms with Crippen molar-refractivity contribution in [3.8, 4) is 11.5 Å². The minimum Gasteiger partial charge on any atom is -0.494 e. The van der Waals surface area contributed by atoms with Crippen LogP contribution in [0.1, 0.15) is 0 Å². The van der Waals surface area contributed by atoms with Gasteiger partial charge in [0.25, 0.3) is 10.1 Å². The van der Waals surface area contributed by atoms with Gasteiger partial charge in [-0.1, -0.05) is 17.2 Å². The van der Waals surface area contributed by atoms with Crippen LogP contribution < -0.4 is 25.0 Å². The van der Waals surface area contributed by atoms with Gasteiger partial charge < -0.3 is 30.1 Å². The maximum atomic E-state index is 11.5. The number of methoxy groups -OCH3 is 2. The molecule has 0 aliphatic heterocycles. The smallest absolute Gasteiger partial charge is 0.294 e. The van der Waals surface area contributed by atoms with Crippen LogP contribution in [0, 0.1) is 0 Å². The fraction of sp³-hybridized carbons (Fsp3) is 0.156. The molecule has 0 amide bonds. The van der Waals surface area contributed by atoms with Crippen LogP contribution in [-0.4, -0.2) is 72.7 Å². The van der Waals surface area contributed by atoms with Crippen molar-refractivity contribution >= 4 is 74.1 Å². The number of azo groups is 2. The summed E-state index contributed by atoms with van der Waals surface area (Å²) in [6.07, 6.45) is 0. The summed E-state index contributed by atoms with van der Waals surface area (Å²) < 4.78 is 47.9. The Hall–Kier alpha value is -5.81. The molecule has 1 aromatic heterocycles. The van der Waals surface area contributed by atoms with Gasteiger partial charge >= 0.3 is 0 Å². The number of hydrogen-bond acceptors (Lipinski definition) is 19. The third kappa shape index (κ3) is 10.8. The van der Waals surface area contributed by atoms with E-state index in [1.807, 2.05) is 0 Å². The quantitative estimate of drug-likeness (QED) is 0.0205. The molecule has 4 aromatic carbocycles. The van der Waals surface area contributed by atoms with Crippen molar-refractivity contribution < 1.29 is 42.2 Å². The second kappa shape index (κ2) is 18.1. The summed E-state index contributed by atoms with van der Waals surface area (Å²) in [5, 5.41) is 44.6. The fourth-order valence-corrected chi connectivity index (χ4v) is 5.35. The van der Waals surface area contributed by atoms with Crippen molar-refractivity contribution in [1.82, 2.24) is 15.0 Å². The summed E-state index contributed by atoms with van der Waals surface area (Å²) in [7, 11) is 0.281. The van der Waals surface area contributed by atoms with Crippen LogP contribution >= 0.6 is 12.0 Å². The van der Waals surface area contributed by atoms with Crippen molar-refractivity contribution in [1.29, 1.82) is 0 Å². The number of nitrogens with one attached hydrogen (secondary N) is 2. The predicted molar refractivity (Wildman–Crippen MR) is 194 cm³/mol. The van der Waals surface area contributed by atoms with Gasteiger partial charge in [0, 0.05) is 30.6 Å². The molecule has 0 fully saturated rings. The molecule has 5 N–H and O–H groups in total. The maximum Gasteiger partial charge on any atom is 0.294 e. The van der Waals surface area contributed by atoms with E-state index >= 15 is 0 Å². The average molecular weight is 765 g/mol. The van der Waals surface area contributed by atoms with E-state index in [1.54, 1.807) is 72.6 Å². The Bertz CT molecular complexity index is 2210. The highest BCUT2D eigenvalue weighted by Gasteiger charge is 2.15. The highest BCUT2D eigenvalue weighted by molar-refractivity contribution is 7.94. The lowest BCUT2D eigenvalue weighted by Crippen LogP contribution is -2.24. The van der Waals surface area contributed by atoms with Gasteiger partial charge in [0.1, 0.15) is 11.5 Å². The van der Waals surface area contributed by atoms with Crippen molar-refractivity contribution in [3.63, 3.8) is 0 Å². The zero-order valence-corrected chi connectivity index (χ0v) is 29.8. The lowest BCUT2D eigenvalue weighted by molar-refractivity contribution is -0.432. The van der Waals surface area contributed by atoms with Crippen molar-refractivity contribution in [2.75, 3.05) is 50.0 Å². The number of anilines is 5. The van der Waals surface area contributed by atoms with Gasteiger partial charge in [0.05, 0.1) is 71.9 Å². The highest BCUT2D eigenvalue weighted by atomic mass is 32.2. The summed E-state index contributed by atoms with van der Waals surface area (Å²) >= 11 is 0.804. The minimum absolute atomic E-state index is 0.137. The van der Waals surface area contributed by atoms with Crippen LogP contribution in [0.3, 0.4) is 0 Å². The van der Waals surface area contributed by atoms with Crippen LogP contribution in [0.15, 0.2) is 115 Å². The van der Waals surface area contributed by atoms with Gasteiger partial charge in [-0.05, 0) is 60.7 Å². The van der Waals surface area contributed by atoms with Gasteiger partial charge in [-0.25, -0.2) is 5.26 Å². The Morgan fingerprint density at radius 3 is 1.79 bits per heavy atom. The average Bonchev–Trinajstić information content (AvgIpc) is 3.16. The zero-order chi connectivity index (χ0) is 37.8. The number of ether oxygens (including phenoxy) is 2. The van der Waals surface area contributed by atoms with Crippen molar-refractivity contribution in [3.05, 3.63) is 84.9 Å². The van der Waals surface area contributed by atoms with Crippen LogP contribution in [0.4, 0.5) is 52.0 Å². The third-order valence-corrected chi connectivity index (χ3v) is 8.34. The second-order valence-corrected chi connectivity index (χ2v) is 12.7. The Balaban J connectivity index is 1.37. The number of aliphatic hydroxyl groups is 1. The monoisotopic (exact) mass is 764 g/mol. The Kier molecular flexibility index (Phi) is 13.1. The van der Waals surface area contributed by atoms with E-state index in [9.17, 15) is 18.1 Å². The normalized spacial score (nSPS) is 11.6.